The summed E-state index contributed by atoms with van der Waals surface area (Å²) < 4.78 is 0.898. The topological polar surface area (TPSA) is 66.9 Å². The van der Waals surface area contributed by atoms with Crippen LogP contribution in [0.15, 0.2) is 4.34 Å². The number of amides is 1. The average Bonchev–Trinajstić information content (AvgIpc) is 2.49. The Bertz CT molecular complexity index is 350. The van der Waals surface area contributed by atoms with Crippen LogP contribution < -0.4 is 10.6 Å². The number of hydrogen-bond acceptors (Lipinski definition) is 6. The number of aromatic nitrogens is 2. The van der Waals surface area contributed by atoms with Crippen molar-refractivity contribution in [2.75, 3.05) is 17.6 Å². The van der Waals surface area contributed by atoms with Gasteiger partial charge in [0.05, 0.1) is 6.04 Å². The molecule has 2 rings (SSSR count). The first kappa shape index (κ1) is 10.8. The van der Waals surface area contributed by atoms with E-state index in [0.29, 0.717) is 5.13 Å². The van der Waals surface area contributed by atoms with Gasteiger partial charge in [-0.25, -0.2) is 0 Å². The van der Waals surface area contributed by atoms with Crippen LogP contribution in [0.1, 0.15) is 13.3 Å². The zero-order chi connectivity index (χ0) is 10.7. The lowest BCUT2D eigenvalue weighted by Gasteiger charge is -2.25. The number of nitrogens with zero attached hydrogens (tertiary/aromatic N) is 2. The minimum atomic E-state index is -0.0452. The molecule has 5 nitrogen and oxygen atoms in total. The number of carbonyl (C=O) groups is 1. The molecule has 1 aliphatic heterocycles. The van der Waals surface area contributed by atoms with E-state index in [4.69, 9.17) is 0 Å². The van der Waals surface area contributed by atoms with Gasteiger partial charge >= 0.3 is 0 Å². The van der Waals surface area contributed by atoms with Gasteiger partial charge in [0, 0.05) is 0 Å². The second-order valence-electron chi connectivity index (χ2n) is 3.09. The van der Waals surface area contributed by atoms with E-state index in [2.05, 4.69) is 27.8 Å². The Labute approximate surface area is 96.0 Å². The molecule has 1 atom stereocenters. The minimum Gasteiger partial charge on any atom is -0.306 e. The first-order chi connectivity index (χ1) is 7.29. The van der Waals surface area contributed by atoms with E-state index in [0.717, 1.165) is 23.1 Å². The molecule has 1 aromatic rings. The second-order valence-corrected chi connectivity index (χ2v) is 5.58. The first-order valence-electron chi connectivity index (χ1n) is 4.80. The number of thioether (sulfide) groups is 1. The van der Waals surface area contributed by atoms with E-state index >= 15 is 0 Å². The molecule has 15 heavy (non-hydrogen) atoms. The van der Waals surface area contributed by atoms with Gasteiger partial charge in [-0.1, -0.05) is 30.0 Å². The molecule has 2 heterocycles. The van der Waals surface area contributed by atoms with Crippen molar-refractivity contribution in [1.29, 1.82) is 0 Å². The van der Waals surface area contributed by atoms with Crippen molar-refractivity contribution in [3.63, 3.8) is 0 Å². The lowest BCUT2D eigenvalue weighted by molar-refractivity contribution is -0.119. The van der Waals surface area contributed by atoms with Gasteiger partial charge in [0.15, 0.2) is 4.34 Å². The summed E-state index contributed by atoms with van der Waals surface area (Å²) in [7, 11) is 0. The van der Waals surface area contributed by atoms with Gasteiger partial charge in [-0.15, -0.1) is 10.2 Å². The fourth-order valence-corrected chi connectivity index (χ4v) is 2.80. The maximum Gasteiger partial charge on any atom is 0.243 e. The molecule has 0 unspecified atom stereocenters. The summed E-state index contributed by atoms with van der Waals surface area (Å²) in [5.74, 6) is 0.956. The van der Waals surface area contributed by atoms with Crippen LogP contribution >= 0.6 is 23.1 Å². The van der Waals surface area contributed by atoms with Crippen LogP contribution in [0.4, 0.5) is 5.13 Å². The van der Waals surface area contributed by atoms with E-state index < -0.39 is 0 Å². The van der Waals surface area contributed by atoms with Crippen LogP contribution in [0.25, 0.3) is 0 Å². The maximum atomic E-state index is 11.5. The highest BCUT2D eigenvalue weighted by Gasteiger charge is 2.25. The summed E-state index contributed by atoms with van der Waals surface area (Å²) in [5.41, 5.74) is 0. The van der Waals surface area contributed by atoms with Gasteiger partial charge in [0.1, 0.15) is 0 Å². The Kier molecular flexibility index (Phi) is 3.55. The quantitative estimate of drug-likeness (QED) is 0.610. The molecule has 0 aromatic carbocycles. The molecule has 82 valence electrons. The molecule has 2 N–H and O–H groups in total. The molecular weight excluding hydrogens is 232 g/mol. The van der Waals surface area contributed by atoms with Crippen molar-refractivity contribution in [3.05, 3.63) is 0 Å². The molecule has 0 radical (unpaired) electrons. The molecule has 1 aliphatic rings. The van der Waals surface area contributed by atoms with E-state index in [1.807, 2.05) is 0 Å². The molecule has 1 saturated heterocycles. The van der Waals surface area contributed by atoms with Gasteiger partial charge in [-0.3, -0.25) is 10.1 Å². The average molecular weight is 244 g/mol. The maximum absolute atomic E-state index is 11.5. The lowest BCUT2D eigenvalue weighted by Crippen LogP contribution is -2.50. The summed E-state index contributed by atoms with van der Waals surface area (Å²) in [6, 6.07) is -0.0452. The van der Waals surface area contributed by atoms with Gasteiger partial charge < -0.3 is 5.32 Å². The fraction of sp³-hybridized carbons (Fsp3) is 0.625. The third-order valence-electron chi connectivity index (χ3n) is 2.04. The van der Waals surface area contributed by atoms with E-state index in [1.165, 1.54) is 11.3 Å². The molecule has 0 bridgehead atoms. The van der Waals surface area contributed by atoms with Crippen LogP contribution in [0, 0.1) is 0 Å². The Morgan fingerprint density at radius 3 is 3.13 bits per heavy atom. The zero-order valence-electron chi connectivity index (χ0n) is 8.32. The normalized spacial score (nSPS) is 19.7. The predicted molar refractivity (Wildman–Crippen MR) is 61.3 cm³/mol. The molecule has 1 fully saturated rings. The Balaban J connectivity index is 1.89. The van der Waals surface area contributed by atoms with Crippen molar-refractivity contribution < 1.29 is 4.79 Å². The molecular formula is C8H12N4OS2. The summed E-state index contributed by atoms with van der Waals surface area (Å²) in [6.45, 7) is 2.98. The van der Waals surface area contributed by atoms with E-state index in [1.54, 1.807) is 11.8 Å². The summed E-state index contributed by atoms with van der Waals surface area (Å²) in [4.78, 5) is 11.5. The van der Waals surface area contributed by atoms with E-state index in [9.17, 15) is 4.79 Å². The van der Waals surface area contributed by atoms with Crippen LogP contribution in [0.2, 0.25) is 0 Å². The van der Waals surface area contributed by atoms with Crippen LogP contribution in [-0.2, 0) is 4.79 Å². The predicted octanol–water partition coefficient (Wildman–Crippen LogP) is 0.950. The smallest absolute Gasteiger partial charge is 0.243 e. The fourth-order valence-electron chi connectivity index (χ4n) is 1.15. The molecule has 1 aromatic heterocycles. The molecule has 1 amide bonds. The monoisotopic (exact) mass is 244 g/mol. The summed E-state index contributed by atoms with van der Waals surface area (Å²) in [6.07, 6.45) is 0.904. The summed E-state index contributed by atoms with van der Waals surface area (Å²) >= 11 is 3.05. The minimum absolute atomic E-state index is 0.00884. The third kappa shape index (κ3) is 2.67. The van der Waals surface area contributed by atoms with Crippen molar-refractivity contribution >= 4 is 34.1 Å². The molecule has 7 heteroatoms. The number of nitrogens with one attached hydrogen (secondary N) is 2. The Hall–Kier alpha value is -0.660. The Morgan fingerprint density at radius 2 is 2.53 bits per heavy atom. The highest BCUT2D eigenvalue weighted by molar-refractivity contribution is 8.01. The highest BCUT2D eigenvalue weighted by Crippen LogP contribution is 2.25. The highest BCUT2D eigenvalue weighted by atomic mass is 32.2. The standard InChI is InChI=1S/C8H12N4OS2/c1-2-14-8-12-11-7(15-8)10-6(13)5-3-4-9-5/h5,9H,2-4H2,1H3,(H,10,11,13)/t5-/m1/s1. The molecule has 0 spiro atoms. The second kappa shape index (κ2) is 4.91. The van der Waals surface area contributed by atoms with Crippen molar-refractivity contribution in [3.8, 4) is 0 Å². The zero-order valence-corrected chi connectivity index (χ0v) is 9.95. The SMILES string of the molecule is CCSc1nnc(NC(=O)[C@H]2CCN2)s1. The van der Waals surface area contributed by atoms with Gasteiger partial charge in [-0.2, -0.15) is 0 Å². The van der Waals surface area contributed by atoms with Crippen molar-refractivity contribution in [2.45, 2.75) is 23.7 Å². The van der Waals surface area contributed by atoms with E-state index in [-0.39, 0.29) is 11.9 Å². The van der Waals surface area contributed by atoms with Crippen molar-refractivity contribution in [2.24, 2.45) is 0 Å². The molecule has 0 saturated carbocycles. The molecule has 0 aliphatic carbocycles. The number of rotatable bonds is 4. The largest absolute Gasteiger partial charge is 0.306 e. The Morgan fingerprint density at radius 1 is 1.73 bits per heavy atom. The summed E-state index contributed by atoms with van der Waals surface area (Å²) in [5, 5.41) is 14.2. The van der Waals surface area contributed by atoms with Gasteiger partial charge in [0.2, 0.25) is 11.0 Å². The van der Waals surface area contributed by atoms with Crippen molar-refractivity contribution in [1.82, 2.24) is 15.5 Å². The lowest BCUT2D eigenvalue weighted by atomic mass is 10.1. The van der Waals surface area contributed by atoms with Gasteiger partial charge in [-0.05, 0) is 18.7 Å². The van der Waals surface area contributed by atoms with Crippen LogP contribution in [0.5, 0.6) is 0 Å². The number of anilines is 1. The van der Waals surface area contributed by atoms with Crippen LogP contribution in [0.3, 0.4) is 0 Å². The van der Waals surface area contributed by atoms with Gasteiger partial charge in [0.25, 0.3) is 0 Å². The number of hydrogen-bond donors (Lipinski definition) is 2. The third-order valence-corrected chi connectivity index (χ3v) is 3.90. The van der Waals surface area contributed by atoms with Crippen LogP contribution in [-0.4, -0.2) is 34.4 Å². The first-order valence-corrected chi connectivity index (χ1v) is 6.60. The number of carbonyl (C=O) groups excluding carboxylic acids is 1.